The van der Waals surface area contributed by atoms with E-state index in [0.717, 1.165) is 18.5 Å². The summed E-state index contributed by atoms with van der Waals surface area (Å²) in [5, 5.41) is 0. The molecule has 0 aliphatic rings. The zero-order valence-electron chi connectivity index (χ0n) is 12.4. The number of rotatable bonds is 6. The monoisotopic (exact) mass is 263 g/mol. The fourth-order valence-electron chi connectivity index (χ4n) is 1.76. The van der Waals surface area contributed by atoms with E-state index in [1.807, 2.05) is 12.1 Å². The van der Waals surface area contributed by atoms with Crippen LogP contribution in [0.1, 0.15) is 38.3 Å². The first kappa shape index (κ1) is 15.7. The molecule has 1 aromatic carbocycles. The molecule has 3 N–H and O–H groups in total. The van der Waals surface area contributed by atoms with E-state index in [2.05, 4.69) is 50.3 Å². The number of benzene rings is 1. The number of hydrogen-bond acceptors (Lipinski definition) is 3. The lowest BCUT2D eigenvalue weighted by atomic mass is 9.99. The number of hydrazine groups is 1. The molecule has 0 atom stereocenters. The first-order valence-corrected chi connectivity index (χ1v) is 6.67. The summed E-state index contributed by atoms with van der Waals surface area (Å²) in [6, 6.07) is 8.11. The Balaban J connectivity index is 2.64. The second kappa shape index (κ2) is 6.68. The highest BCUT2D eigenvalue weighted by molar-refractivity contribution is 5.77. The van der Waals surface area contributed by atoms with Crippen molar-refractivity contribution in [2.24, 2.45) is 5.84 Å². The Kier molecular flexibility index (Phi) is 5.51. The fourth-order valence-corrected chi connectivity index (χ4v) is 1.76. The average Bonchev–Trinajstić information content (AvgIpc) is 2.40. The van der Waals surface area contributed by atoms with Crippen molar-refractivity contribution in [1.29, 1.82) is 0 Å². The van der Waals surface area contributed by atoms with Crippen molar-refractivity contribution in [2.45, 2.75) is 45.7 Å². The highest BCUT2D eigenvalue weighted by atomic mass is 16.2. The van der Waals surface area contributed by atoms with Gasteiger partial charge in [0.2, 0.25) is 5.91 Å². The Morgan fingerprint density at radius 3 is 2.26 bits per heavy atom. The summed E-state index contributed by atoms with van der Waals surface area (Å²) >= 11 is 0. The van der Waals surface area contributed by atoms with Gasteiger partial charge in [-0.15, -0.1) is 0 Å². The SMILES string of the molecule is CCC(C)(C)N(C)Cc1ccc(CC(=O)NN)cc1. The first-order chi connectivity index (χ1) is 8.89. The van der Waals surface area contributed by atoms with Gasteiger partial charge in [-0.25, -0.2) is 5.84 Å². The molecule has 19 heavy (non-hydrogen) atoms. The van der Waals surface area contributed by atoms with Crippen LogP contribution in [0.4, 0.5) is 0 Å². The molecule has 0 bridgehead atoms. The molecule has 0 saturated carbocycles. The molecule has 1 rings (SSSR count). The summed E-state index contributed by atoms with van der Waals surface area (Å²) in [5.74, 6) is 4.90. The molecule has 0 aliphatic heterocycles. The minimum atomic E-state index is -0.169. The Morgan fingerprint density at radius 1 is 1.26 bits per heavy atom. The van der Waals surface area contributed by atoms with E-state index < -0.39 is 0 Å². The molecule has 4 nitrogen and oxygen atoms in total. The van der Waals surface area contributed by atoms with Crippen LogP contribution in [0.15, 0.2) is 24.3 Å². The Labute approximate surface area is 115 Å². The second-order valence-electron chi connectivity index (χ2n) is 5.58. The Bertz CT molecular complexity index is 412. The second-order valence-corrected chi connectivity index (χ2v) is 5.58. The molecule has 0 heterocycles. The summed E-state index contributed by atoms with van der Waals surface area (Å²) in [6.07, 6.45) is 1.44. The lowest BCUT2D eigenvalue weighted by Crippen LogP contribution is -2.39. The zero-order valence-corrected chi connectivity index (χ0v) is 12.4. The van der Waals surface area contributed by atoms with Gasteiger partial charge in [-0.1, -0.05) is 31.2 Å². The van der Waals surface area contributed by atoms with Crippen molar-refractivity contribution in [1.82, 2.24) is 10.3 Å². The lowest BCUT2D eigenvalue weighted by molar-refractivity contribution is -0.120. The van der Waals surface area contributed by atoms with E-state index in [1.54, 1.807) is 0 Å². The van der Waals surface area contributed by atoms with Gasteiger partial charge < -0.3 is 0 Å². The molecule has 0 aromatic heterocycles. The van der Waals surface area contributed by atoms with Crippen molar-refractivity contribution in [3.8, 4) is 0 Å². The average molecular weight is 263 g/mol. The third kappa shape index (κ3) is 4.65. The molecule has 4 heteroatoms. The number of carbonyl (C=O) groups is 1. The van der Waals surface area contributed by atoms with Gasteiger partial charge in [0.1, 0.15) is 0 Å². The zero-order chi connectivity index (χ0) is 14.5. The highest BCUT2D eigenvalue weighted by Crippen LogP contribution is 2.19. The van der Waals surface area contributed by atoms with Crippen LogP contribution < -0.4 is 11.3 Å². The summed E-state index contributed by atoms with van der Waals surface area (Å²) in [4.78, 5) is 13.5. The van der Waals surface area contributed by atoms with Crippen molar-refractivity contribution >= 4 is 5.91 Å². The normalized spacial score (nSPS) is 11.7. The lowest BCUT2D eigenvalue weighted by Gasteiger charge is -2.34. The first-order valence-electron chi connectivity index (χ1n) is 6.67. The summed E-state index contributed by atoms with van der Waals surface area (Å²) < 4.78 is 0. The maximum absolute atomic E-state index is 11.2. The van der Waals surface area contributed by atoms with Crippen LogP contribution in [0, 0.1) is 0 Å². The summed E-state index contributed by atoms with van der Waals surface area (Å²) in [6.45, 7) is 7.59. The quantitative estimate of drug-likeness (QED) is 0.468. The molecule has 0 fully saturated rings. The molecule has 1 amide bonds. The van der Waals surface area contributed by atoms with Crippen LogP contribution in [-0.4, -0.2) is 23.4 Å². The van der Waals surface area contributed by atoms with Gasteiger partial charge in [0.25, 0.3) is 0 Å². The molecule has 0 radical (unpaired) electrons. The maximum Gasteiger partial charge on any atom is 0.238 e. The van der Waals surface area contributed by atoms with E-state index in [-0.39, 0.29) is 11.4 Å². The molecular formula is C15H25N3O. The number of nitrogens with two attached hydrogens (primary N) is 1. The number of carbonyl (C=O) groups excluding carboxylic acids is 1. The van der Waals surface area contributed by atoms with E-state index in [0.29, 0.717) is 6.42 Å². The molecule has 0 unspecified atom stereocenters. The standard InChI is InChI=1S/C15H25N3O/c1-5-15(2,3)18(4)11-13-8-6-12(7-9-13)10-14(19)17-16/h6-9H,5,10-11,16H2,1-4H3,(H,17,19). The van der Waals surface area contributed by atoms with Crippen molar-refractivity contribution in [2.75, 3.05) is 7.05 Å². The van der Waals surface area contributed by atoms with E-state index >= 15 is 0 Å². The van der Waals surface area contributed by atoms with Crippen LogP contribution in [0.3, 0.4) is 0 Å². The van der Waals surface area contributed by atoms with Crippen LogP contribution in [-0.2, 0) is 17.8 Å². The van der Waals surface area contributed by atoms with Crippen LogP contribution in [0.25, 0.3) is 0 Å². The Hall–Kier alpha value is -1.39. The third-order valence-electron chi connectivity index (χ3n) is 3.87. The van der Waals surface area contributed by atoms with Crippen LogP contribution in [0.2, 0.25) is 0 Å². The predicted octanol–water partition coefficient (Wildman–Crippen LogP) is 1.84. The fraction of sp³-hybridized carbons (Fsp3) is 0.533. The van der Waals surface area contributed by atoms with Crippen LogP contribution in [0.5, 0.6) is 0 Å². The van der Waals surface area contributed by atoms with Gasteiger partial charge in [-0.2, -0.15) is 0 Å². The number of hydrogen-bond donors (Lipinski definition) is 2. The number of amides is 1. The predicted molar refractivity (Wildman–Crippen MR) is 78.3 cm³/mol. The number of nitrogens with one attached hydrogen (secondary N) is 1. The van der Waals surface area contributed by atoms with E-state index in [4.69, 9.17) is 5.84 Å². The Morgan fingerprint density at radius 2 is 1.79 bits per heavy atom. The van der Waals surface area contributed by atoms with Crippen molar-refractivity contribution < 1.29 is 4.79 Å². The minimum absolute atomic E-state index is 0.169. The van der Waals surface area contributed by atoms with E-state index in [9.17, 15) is 4.79 Å². The van der Waals surface area contributed by atoms with Gasteiger partial charge in [0.05, 0.1) is 6.42 Å². The minimum Gasteiger partial charge on any atom is -0.297 e. The molecule has 0 spiro atoms. The maximum atomic E-state index is 11.2. The van der Waals surface area contributed by atoms with Gasteiger partial charge in [-0.3, -0.25) is 15.1 Å². The van der Waals surface area contributed by atoms with Gasteiger partial charge in [-0.05, 0) is 38.4 Å². The largest absolute Gasteiger partial charge is 0.297 e. The van der Waals surface area contributed by atoms with E-state index in [1.165, 1.54) is 5.56 Å². The highest BCUT2D eigenvalue weighted by Gasteiger charge is 2.20. The third-order valence-corrected chi connectivity index (χ3v) is 3.87. The molecule has 1 aromatic rings. The topological polar surface area (TPSA) is 58.4 Å². The molecule has 0 saturated heterocycles. The van der Waals surface area contributed by atoms with Crippen LogP contribution >= 0.6 is 0 Å². The summed E-state index contributed by atoms with van der Waals surface area (Å²) in [5.41, 5.74) is 4.56. The summed E-state index contributed by atoms with van der Waals surface area (Å²) in [7, 11) is 2.14. The molecule has 106 valence electrons. The van der Waals surface area contributed by atoms with Crippen molar-refractivity contribution in [3.05, 3.63) is 35.4 Å². The number of nitrogens with zero attached hydrogens (tertiary/aromatic N) is 1. The van der Waals surface area contributed by atoms with Gasteiger partial charge >= 0.3 is 0 Å². The van der Waals surface area contributed by atoms with Gasteiger partial charge in [0.15, 0.2) is 0 Å². The molecule has 0 aliphatic carbocycles. The molecular weight excluding hydrogens is 238 g/mol. The van der Waals surface area contributed by atoms with Gasteiger partial charge in [0, 0.05) is 12.1 Å². The van der Waals surface area contributed by atoms with Crippen molar-refractivity contribution in [3.63, 3.8) is 0 Å². The smallest absolute Gasteiger partial charge is 0.238 e.